The number of nitrogens with zero attached hydrogens (tertiary/aromatic N) is 3. The predicted octanol–water partition coefficient (Wildman–Crippen LogP) is 0.200. The molecule has 4 rings (SSSR count). The van der Waals surface area contributed by atoms with E-state index in [4.69, 9.17) is 9.47 Å². The number of urea groups is 1. The van der Waals surface area contributed by atoms with E-state index in [1.54, 1.807) is 0 Å². The average molecular weight is 500 g/mol. The van der Waals surface area contributed by atoms with Gasteiger partial charge in [0.2, 0.25) is 0 Å². The maximum atomic E-state index is 12.8. The summed E-state index contributed by atoms with van der Waals surface area (Å²) in [6, 6.07) is 9.32. The van der Waals surface area contributed by atoms with Gasteiger partial charge < -0.3 is 32.2 Å². The fourth-order valence-electron chi connectivity index (χ4n) is 4.15. The van der Waals surface area contributed by atoms with E-state index in [0.29, 0.717) is 30.3 Å². The molecule has 2 N–H and O–H groups in total. The van der Waals surface area contributed by atoms with Gasteiger partial charge in [-0.05, 0) is 18.6 Å². The van der Waals surface area contributed by atoms with E-state index in [0.717, 1.165) is 38.1 Å². The zero-order valence-electron chi connectivity index (χ0n) is 19.6. The van der Waals surface area contributed by atoms with E-state index >= 15 is 0 Å². The lowest BCUT2D eigenvalue weighted by atomic mass is 9.96. The highest BCUT2D eigenvalue weighted by molar-refractivity contribution is 6.23. The summed E-state index contributed by atoms with van der Waals surface area (Å²) in [5.41, 5.74) is 3.32. The standard InChI is InChI=1S/C24H25N5O5.ClH/c1-15-18-14-29(11-13-34-12-9-25-24(31)28(2)27-32)10-8-16(18)21(23(30)33-3)22-20(15)17-6-4-5-7-19(17)26-22;/h4-8,10,14H,9,11-13H2,1-3H3,(H,25,31);1H. The number of halogens is 1. The van der Waals surface area contributed by atoms with Crippen LogP contribution in [0.25, 0.3) is 32.6 Å². The fraction of sp³-hybridized carbons (Fsp3) is 0.292. The van der Waals surface area contributed by atoms with E-state index in [2.05, 4.69) is 22.5 Å². The number of amides is 2. The number of aromatic amines is 1. The lowest BCUT2D eigenvalue weighted by molar-refractivity contribution is -0.697. The Labute approximate surface area is 207 Å². The molecule has 0 aliphatic rings. The predicted molar refractivity (Wildman–Crippen MR) is 127 cm³/mol. The summed E-state index contributed by atoms with van der Waals surface area (Å²) in [6.45, 7) is 3.63. The largest absolute Gasteiger partial charge is 1.00 e. The molecule has 0 saturated heterocycles. The summed E-state index contributed by atoms with van der Waals surface area (Å²) in [7, 11) is 2.66. The molecule has 0 spiro atoms. The Hall–Kier alpha value is -3.76. The second-order valence-corrected chi connectivity index (χ2v) is 7.87. The number of hydrogen-bond donors (Lipinski definition) is 2. The van der Waals surface area contributed by atoms with Gasteiger partial charge in [-0.3, -0.25) is 0 Å². The van der Waals surface area contributed by atoms with Gasteiger partial charge in [0.15, 0.2) is 18.9 Å². The van der Waals surface area contributed by atoms with Crippen molar-refractivity contribution in [1.29, 1.82) is 0 Å². The SMILES string of the molecule is COC(=O)c1c2cc[n+](CCOCCNC(=O)N(C)N=O)cc2c(C)c2c1[nH]c1ccccc12.[Cl-]. The van der Waals surface area contributed by atoms with Crippen molar-refractivity contribution in [2.75, 3.05) is 33.9 Å². The van der Waals surface area contributed by atoms with Crippen LogP contribution < -0.4 is 22.3 Å². The summed E-state index contributed by atoms with van der Waals surface area (Å²) >= 11 is 0. The first-order valence-electron chi connectivity index (χ1n) is 10.8. The number of nitroso groups, excluding NO2 is 1. The van der Waals surface area contributed by atoms with Crippen molar-refractivity contribution in [1.82, 2.24) is 15.3 Å². The van der Waals surface area contributed by atoms with Crippen LogP contribution in [0.2, 0.25) is 0 Å². The molecule has 2 amide bonds. The van der Waals surface area contributed by atoms with Crippen LogP contribution in [0.1, 0.15) is 15.9 Å². The number of aromatic nitrogens is 2. The molecule has 184 valence electrons. The molecular weight excluding hydrogens is 474 g/mol. The zero-order valence-corrected chi connectivity index (χ0v) is 20.4. The van der Waals surface area contributed by atoms with Crippen LogP contribution in [0.5, 0.6) is 0 Å². The number of H-pyrrole nitrogens is 1. The smallest absolute Gasteiger partial charge is 0.340 e. The molecular formula is C24H26ClN5O5. The molecule has 0 radical (unpaired) electrons. The molecule has 0 fully saturated rings. The Bertz CT molecular complexity index is 1400. The highest BCUT2D eigenvalue weighted by atomic mass is 35.5. The van der Waals surface area contributed by atoms with Crippen LogP contribution in [0.15, 0.2) is 48.0 Å². The lowest BCUT2D eigenvalue weighted by Crippen LogP contribution is -3.00. The highest BCUT2D eigenvalue weighted by Crippen LogP contribution is 2.36. The summed E-state index contributed by atoms with van der Waals surface area (Å²) in [5.74, 6) is -0.389. The number of pyridine rings is 1. The van der Waals surface area contributed by atoms with Gasteiger partial charge in [0.1, 0.15) is 6.61 Å². The van der Waals surface area contributed by atoms with Crippen LogP contribution in [0.4, 0.5) is 4.79 Å². The Morgan fingerprint density at radius 2 is 1.91 bits per heavy atom. The lowest BCUT2D eigenvalue weighted by Gasteiger charge is -2.11. The molecule has 0 aliphatic heterocycles. The van der Waals surface area contributed by atoms with Crippen LogP contribution in [0, 0.1) is 11.8 Å². The first-order valence-corrected chi connectivity index (χ1v) is 10.8. The van der Waals surface area contributed by atoms with Gasteiger partial charge >= 0.3 is 12.0 Å². The molecule has 4 aromatic rings. The number of para-hydroxylation sites is 1. The van der Waals surface area contributed by atoms with Gasteiger partial charge in [-0.15, -0.1) is 4.91 Å². The summed E-state index contributed by atoms with van der Waals surface area (Å²) in [6.07, 6.45) is 3.91. The van der Waals surface area contributed by atoms with E-state index in [9.17, 15) is 14.5 Å². The number of carbonyl (C=O) groups excluding carboxylic acids is 2. The van der Waals surface area contributed by atoms with Crippen molar-refractivity contribution in [2.24, 2.45) is 5.29 Å². The van der Waals surface area contributed by atoms with Crippen molar-refractivity contribution in [3.8, 4) is 0 Å². The Morgan fingerprint density at radius 3 is 2.66 bits per heavy atom. The molecule has 0 saturated carbocycles. The number of rotatable bonds is 8. The number of benzene rings is 2. The topological polar surface area (TPSA) is 117 Å². The number of fused-ring (bicyclic) bond motifs is 4. The number of carbonyl (C=O) groups is 2. The molecule has 0 atom stereocenters. The van der Waals surface area contributed by atoms with E-state index in [1.807, 2.05) is 47.3 Å². The minimum Gasteiger partial charge on any atom is -1.00 e. The highest BCUT2D eigenvalue weighted by Gasteiger charge is 2.23. The number of ether oxygens (including phenoxy) is 2. The number of aryl methyl sites for hydroxylation is 1. The van der Waals surface area contributed by atoms with Gasteiger partial charge in [-0.2, -0.15) is 5.01 Å². The van der Waals surface area contributed by atoms with Gasteiger partial charge in [0.25, 0.3) is 0 Å². The maximum Gasteiger partial charge on any atom is 0.340 e. The number of methoxy groups -OCH3 is 1. The van der Waals surface area contributed by atoms with Crippen molar-refractivity contribution >= 4 is 44.6 Å². The molecule has 0 bridgehead atoms. The number of esters is 1. The van der Waals surface area contributed by atoms with Crippen molar-refractivity contribution in [3.05, 3.63) is 58.8 Å². The third kappa shape index (κ3) is 5.03. The first kappa shape index (κ1) is 25.9. The van der Waals surface area contributed by atoms with Crippen LogP contribution in [0.3, 0.4) is 0 Å². The van der Waals surface area contributed by atoms with Crippen LogP contribution in [-0.4, -0.2) is 55.9 Å². The van der Waals surface area contributed by atoms with Crippen LogP contribution in [-0.2, 0) is 16.0 Å². The summed E-state index contributed by atoms with van der Waals surface area (Å²) in [4.78, 5) is 37.9. The third-order valence-corrected chi connectivity index (χ3v) is 5.84. The molecule has 0 unspecified atom stereocenters. The monoisotopic (exact) mass is 499 g/mol. The zero-order chi connectivity index (χ0) is 24.2. The molecule has 2 aromatic carbocycles. The molecule has 2 heterocycles. The second kappa shape index (κ2) is 11.1. The quantitative estimate of drug-likeness (QED) is 0.118. The Morgan fingerprint density at radius 1 is 1.14 bits per heavy atom. The van der Waals surface area contributed by atoms with Gasteiger partial charge in [-0.1, -0.05) is 18.2 Å². The van der Waals surface area contributed by atoms with Crippen molar-refractivity contribution < 1.29 is 36.0 Å². The minimum absolute atomic E-state index is 0. The molecule has 11 heteroatoms. The number of hydrogen-bond acceptors (Lipinski definition) is 6. The Balaban J connectivity index is 0.00000342. The number of nitrogens with one attached hydrogen (secondary N) is 2. The maximum absolute atomic E-state index is 12.8. The van der Waals surface area contributed by atoms with Gasteiger partial charge in [0, 0.05) is 41.3 Å². The van der Waals surface area contributed by atoms with E-state index in [-0.39, 0.29) is 24.9 Å². The van der Waals surface area contributed by atoms with E-state index < -0.39 is 6.03 Å². The molecule has 35 heavy (non-hydrogen) atoms. The first-order chi connectivity index (χ1) is 16.5. The molecule has 0 aliphatic carbocycles. The normalized spacial score (nSPS) is 10.8. The van der Waals surface area contributed by atoms with Gasteiger partial charge in [0.05, 0.1) is 35.5 Å². The third-order valence-electron chi connectivity index (χ3n) is 5.84. The molecule has 2 aromatic heterocycles. The van der Waals surface area contributed by atoms with Crippen molar-refractivity contribution in [2.45, 2.75) is 13.5 Å². The second-order valence-electron chi connectivity index (χ2n) is 7.87. The minimum atomic E-state index is -0.581. The average Bonchev–Trinajstić information content (AvgIpc) is 3.24. The van der Waals surface area contributed by atoms with Crippen molar-refractivity contribution in [3.63, 3.8) is 0 Å². The van der Waals surface area contributed by atoms with Crippen LogP contribution >= 0.6 is 0 Å². The summed E-state index contributed by atoms with van der Waals surface area (Å²) in [5, 5.41) is 9.56. The fourth-order valence-corrected chi connectivity index (χ4v) is 4.15. The summed E-state index contributed by atoms with van der Waals surface area (Å²) < 4.78 is 12.7. The van der Waals surface area contributed by atoms with E-state index in [1.165, 1.54) is 14.2 Å². The Kier molecular flexibility index (Phi) is 8.21. The molecule has 10 nitrogen and oxygen atoms in total. The van der Waals surface area contributed by atoms with Gasteiger partial charge in [-0.25, -0.2) is 14.2 Å².